The molecule has 0 aliphatic heterocycles. The smallest absolute Gasteiger partial charge is 0.194 e. The van der Waals surface area contributed by atoms with E-state index >= 15 is 0 Å². The van der Waals surface area contributed by atoms with Gasteiger partial charge < -0.3 is 10.2 Å². The van der Waals surface area contributed by atoms with Crippen molar-refractivity contribution in [1.82, 2.24) is 25.0 Å². The van der Waals surface area contributed by atoms with Gasteiger partial charge in [0.15, 0.2) is 5.96 Å². The Morgan fingerprint density at radius 3 is 2.54 bits per heavy atom. The number of nitrogens with zero attached hydrogens (tertiary/aromatic N) is 5. The molecule has 0 saturated carbocycles. The van der Waals surface area contributed by atoms with Crippen LogP contribution in [0.15, 0.2) is 40.7 Å². The number of benzene rings is 1. The quantitative estimate of drug-likeness (QED) is 0.319. The standard InChI is InChI=1S/C20H26N6S.HI/c1-14-19(15(2)26(24-14)18-9-7-6-8-10-18)11-22-20(21-4)25(5)12-17-13-27-16(3)23-17;/h6-10,13H,11-12H2,1-5H3,(H,21,22);1H. The Kier molecular flexibility index (Phi) is 7.99. The second kappa shape index (κ2) is 10.0. The van der Waals surface area contributed by atoms with Crippen LogP contribution in [-0.2, 0) is 13.1 Å². The number of thiazole rings is 1. The highest BCUT2D eigenvalue weighted by Crippen LogP contribution is 2.18. The van der Waals surface area contributed by atoms with Gasteiger partial charge in [0.05, 0.1) is 28.6 Å². The van der Waals surface area contributed by atoms with E-state index in [1.807, 2.05) is 43.8 Å². The van der Waals surface area contributed by atoms with Crippen LogP contribution in [0.2, 0.25) is 0 Å². The molecule has 0 amide bonds. The highest BCUT2D eigenvalue weighted by atomic mass is 127. The first-order valence-electron chi connectivity index (χ1n) is 8.93. The Labute approximate surface area is 187 Å². The summed E-state index contributed by atoms with van der Waals surface area (Å²) in [4.78, 5) is 11.0. The molecular formula is C20H27IN6S. The van der Waals surface area contributed by atoms with Crippen LogP contribution in [-0.4, -0.2) is 39.7 Å². The highest BCUT2D eigenvalue weighted by Gasteiger charge is 2.14. The van der Waals surface area contributed by atoms with Crippen molar-refractivity contribution in [2.75, 3.05) is 14.1 Å². The van der Waals surface area contributed by atoms with Crippen molar-refractivity contribution in [2.24, 2.45) is 4.99 Å². The lowest BCUT2D eigenvalue weighted by molar-refractivity contribution is 0.470. The topological polar surface area (TPSA) is 58.3 Å². The van der Waals surface area contributed by atoms with Crippen molar-refractivity contribution in [3.05, 3.63) is 63.4 Å². The van der Waals surface area contributed by atoms with Crippen LogP contribution in [0.3, 0.4) is 0 Å². The molecule has 0 fully saturated rings. The summed E-state index contributed by atoms with van der Waals surface area (Å²) in [5.41, 5.74) is 5.49. The van der Waals surface area contributed by atoms with Gasteiger partial charge in [-0.2, -0.15) is 5.10 Å². The van der Waals surface area contributed by atoms with Gasteiger partial charge in [-0.3, -0.25) is 4.99 Å². The number of aliphatic imine (C=N–C) groups is 1. The number of hydrogen-bond donors (Lipinski definition) is 1. The molecule has 0 saturated heterocycles. The van der Waals surface area contributed by atoms with Gasteiger partial charge in [-0.15, -0.1) is 35.3 Å². The summed E-state index contributed by atoms with van der Waals surface area (Å²) in [6.45, 7) is 7.59. The third kappa shape index (κ3) is 5.11. The van der Waals surface area contributed by atoms with Crippen molar-refractivity contribution in [3.8, 4) is 5.69 Å². The van der Waals surface area contributed by atoms with Crippen molar-refractivity contribution >= 4 is 41.3 Å². The number of guanidine groups is 1. The predicted octanol–water partition coefficient (Wildman–Crippen LogP) is 4.08. The molecule has 0 atom stereocenters. The van der Waals surface area contributed by atoms with E-state index in [9.17, 15) is 0 Å². The van der Waals surface area contributed by atoms with E-state index in [0.29, 0.717) is 6.54 Å². The molecule has 0 aliphatic rings. The first-order valence-corrected chi connectivity index (χ1v) is 9.81. The normalized spacial score (nSPS) is 11.2. The van der Waals surface area contributed by atoms with Gasteiger partial charge in [0.1, 0.15) is 0 Å². The molecule has 3 rings (SSSR count). The van der Waals surface area contributed by atoms with Crippen molar-refractivity contribution in [2.45, 2.75) is 33.9 Å². The van der Waals surface area contributed by atoms with Gasteiger partial charge in [-0.1, -0.05) is 18.2 Å². The van der Waals surface area contributed by atoms with Gasteiger partial charge in [0.2, 0.25) is 0 Å². The Bertz CT molecular complexity index is 932. The molecular weight excluding hydrogens is 483 g/mol. The van der Waals surface area contributed by atoms with E-state index in [1.165, 1.54) is 5.56 Å². The van der Waals surface area contributed by atoms with Gasteiger partial charge in [-0.05, 0) is 32.9 Å². The minimum atomic E-state index is 0. The van der Waals surface area contributed by atoms with E-state index in [-0.39, 0.29) is 24.0 Å². The van der Waals surface area contributed by atoms with Gasteiger partial charge in [-0.25, -0.2) is 9.67 Å². The molecule has 0 radical (unpaired) electrons. The molecule has 0 unspecified atom stereocenters. The summed E-state index contributed by atoms with van der Waals surface area (Å²) in [6, 6.07) is 10.2. The summed E-state index contributed by atoms with van der Waals surface area (Å²) in [5, 5.41) is 11.4. The second-order valence-corrected chi connectivity index (χ2v) is 7.57. The Morgan fingerprint density at radius 1 is 1.21 bits per heavy atom. The molecule has 28 heavy (non-hydrogen) atoms. The maximum absolute atomic E-state index is 4.71. The number of halogens is 1. The number of nitrogens with one attached hydrogen (secondary N) is 1. The maximum atomic E-state index is 4.71. The van der Waals surface area contributed by atoms with E-state index in [4.69, 9.17) is 5.10 Å². The number of aryl methyl sites for hydroxylation is 2. The van der Waals surface area contributed by atoms with E-state index < -0.39 is 0 Å². The third-order valence-electron chi connectivity index (χ3n) is 4.50. The highest BCUT2D eigenvalue weighted by molar-refractivity contribution is 14.0. The number of hydrogen-bond acceptors (Lipinski definition) is 4. The zero-order chi connectivity index (χ0) is 19.4. The maximum Gasteiger partial charge on any atom is 0.194 e. The molecule has 0 aliphatic carbocycles. The van der Waals surface area contributed by atoms with Crippen LogP contribution in [0, 0.1) is 20.8 Å². The van der Waals surface area contributed by atoms with Crippen LogP contribution in [0.4, 0.5) is 0 Å². The number of rotatable bonds is 5. The fourth-order valence-corrected chi connectivity index (χ4v) is 3.71. The molecule has 0 spiro atoms. The average molecular weight is 510 g/mol. The first-order chi connectivity index (χ1) is 13.0. The SMILES string of the molecule is CN=C(NCc1c(C)nn(-c2ccccc2)c1C)N(C)Cc1csc(C)n1.I. The fraction of sp³-hybridized carbons (Fsp3) is 0.350. The minimum absolute atomic E-state index is 0. The molecule has 2 aromatic heterocycles. The van der Waals surface area contributed by atoms with E-state index in [2.05, 4.69) is 44.6 Å². The lowest BCUT2D eigenvalue weighted by Crippen LogP contribution is -2.38. The molecule has 2 heterocycles. The van der Waals surface area contributed by atoms with E-state index in [0.717, 1.165) is 40.3 Å². The summed E-state index contributed by atoms with van der Waals surface area (Å²) in [6.07, 6.45) is 0. The lowest BCUT2D eigenvalue weighted by Gasteiger charge is -2.21. The Balaban J connectivity index is 0.00000280. The Hall–Kier alpha value is -1.94. The summed E-state index contributed by atoms with van der Waals surface area (Å²) >= 11 is 1.67. The van der Waals surface area contributed by atoms with Crippen molar-refractivity contribution < 1.29 is 0 Å². The van der Waals surface area contributed by atoms with Crippen LogP contribution >= 0.6 is 35.3 Å². The lowest BCUT2D eigenvalue weighted by atomic mass is 10.2. The molecule has 3 aromatic rings. The van der Waals surface area contributed by atoms with Gasteiger partial charge in [0, 0.05) is 37.3 Å². The molecule has 8 heteroatoms. The van der Waals surface area contributed by atoms with Crippen molar-refractivity contribution in [3.63, 3.8) is 0 Å². The van der Waals surface area contributed by atoms with Crippen LogP contribution in [0.25, 0.3) is 5.69 Å². The van der Waals surface area contributed by atoms with Crippen LogP contribution in [0.1, 0.15) is 27.7 Å². The van der Waals surface area contributed by atoms with Crippen LogP contribution in [0.5, 0.6) is 0 Å². The van der Waals surface area contributed by atoms with Gasteiger partial charge in [0.25, 0.3) is 0 Å². The van der Waals surface area contributed by atoms with E-state index in [1.54, 1.807) is 18.4 Å². The molecule has 150 valence electrons. The fourth-order valence-electron chi connectivity index (χ4n) is 3.10. The molecule has 1 N–H and O–H groups in total. The van der Waals surface area contributed by atoms with Crippen molar-refractivity contribution in [1.29, 1.82) is 0 Å². The zero-order valence-electron chi connectivity index (χ0n) is 16.9. The largest absolute Gasteiger partial charge is 0.352 e. The van der Waals surface area contributed by atoms with Gasteiger partial charge >= 0.3 is 0 Å². The van der Waals surface area contributed by atoms with Crippen LogP contribution < -0.4 is 5.32 Å². The monoisotopic (exact) mass is 510 g/mol. The first kappa shape index (κ1) is 22.4. The number of aromatic nitrogens is 3. The Morgan fingerprint density at radius 2 is 1.93 bits per heavy atom. The summed E-state index contributed by atoms with van der Waals surface area (Å²) < 4.78 is 2.00. The molecule has 1 aromatic carbocycles. The average Bonchev–Trinajstić information content (AvgIpc) is 3.19. The third-order valence-corrected chi connectivity index (χ3v) is 5.33. The molecule has 6 nitrogen and oxygen atoms in total. The summed E-state index contributed by atoms with van der Waals surface area (Å²) in [5.74, 6) is 0.840. The molecule has 0 bridgehead atoms. The minimum Gasteiger partial charge on any atom is -0.352 e. The zero-order valence-corrected chi connectivity index (χ0v) is 20.1. The summed E-state index contributed by atoms with van der Waals surface area (Å²) in [7, 11) is 3.83. The predicted molar refractivity (Wildman–Crippen MR) is 127 cm³/mol. The number of para-hydroxylation sites is 1. The second-order valence-electron chi connectivity index (χ2n) is 6.51.